The predicted octanol–water partition coefficient (Wildman–Crippen LogP) is 26.1. The van der Waals surface area contributed by atoms with E-state index in [9.17, 15) is 0 Å². The van der Waals surface area contributed by atoms with Gasteiger partial charge in [0.25, 0.3) is 0 Å². The van der Waals surface area contributed by atoms with Gasteiger partial charge in [0.15, 0.2) is 17.5 Å². The molecule has 7 heteroatoms. The summed E-state index contributed by atoms with van der Waals surface area (Å²) in [5.74, 6) is 1.94. The van der Waals surface area contributed by atoms with Gasteiger partial charge in [-0.3, -0.25) is 0 Å². The lowest BCUT2D eigenvalue weighted by molar-refractivity contribution is 1.07. The van der Waals surface area contributed by atoms with Crippen molar-refractivity contribution in [3.8, 4) is 135 Å². The van der Waals surface area contributed by atoms with E-state index >= 15 is 0 Å². The molecule has 0 saturated carbocycles. The molecule has 7 nitrogen and oxygen atoms in total. The molecule has 0 radical (unpaired) electrons. The first-order chi connectivity index (χ1) is 53.5. The molecule has 0 unspecified atom stereocenters. The van der Waals surface area contributed by atoms with Crippen molar-refractivity contribution in [2.75, 3.05) is 0 Å². The van der Waals surface area contributed by atoms with Gasteiger partial charge >= 0.3 is 0 Å². The fraction of sp³-hybridized carbons (Fsp3) is 0. The van der Waals surface area contributed by atoms with Crippen LogP contribution in [0.4, 0.5) is 0 Å². The van der Waals surface area contributed by atoms with Crippen molar-refractivity contribution in [3.63, 3.8) is 0 Å². The molecule has 15 aromatic carbocycles. The van der Waals surface area contributed by atoms with Crippen LogP contribution in [-0.4, -0.2) is 34.9 Å². The van der Waals surface area contributed by atoms with Crippen LogP contribution in [0.3, 0.4) is 0 Å². The van der Waals surface area contributed by atoms with E-state index in [1.807, 2.05) is 78.9 Å². The highest BCUT2D eigenvalue weighted by Crippen LogP contribution is 2.43. The first kappa shape index (κ1) is 64.3. The van der Waals surface area contributed by atoms with E-state index in [1.54, 1.807) is 0 Å². The molecule has 5 aromatic heterocycles. The number of hydrogen-bond acceptors (Lipinski definition) is 7. The Morgan fingerprint density at radius 2 is 0.444 bits per heavy atom. The van der Waals surface area contributed by atoms with Crippen molar-refractivity contribution in [3.05, 3.63) is 394 Å². The van der Waals surface area contributed by atoms with Crippen LogP contribution < -0.4 is 0 Å². The van der Waals surface area contributed by atoms with Crippen molar-refractivity contribution in [2.24, 2.45) is 0 Å². The molecule has 0 bridgehead atoms. The molecule has 0 aliphatic rings. The maximum Gasteiger partial charge on any atom is 0.164 e. The molecular weight excluding hydrogens is 1310 g/mol. The van der Waals surface area contributed by atoms with Gasteiger partial charge in [-0.05, 0) is 98.1 Å². The highest BCUT2D eigenvalue weighted by molar-refractivity contribution is 6.19. The minimum atomic E-state index is 0.638. The van der Waals surface area contributed by atoms with Crippen LogP contribution in [-0.2, 0) is 0 Å². The summed E-state index contributed by atoms with van der Waals surface area (Å²) in [5.41, 5.74) is 26.4. The number of aromatic nitrogens is 7. The van der Waals surface area contributed by atoms with Crippen molar-refractivity contribution in [2.45, 2.75) is 0 Å². The quantitative estimate of drug-likeness (QED) is 0.113. The van der Waals surface area contributed by atoms with Gasteiger partial charge in [0.1, 0.15) is 0 Å². The minimum absolute atomic E-state index is 0.638. The number of fused-ring (bicyclic) bond motifs is 9. The normalized spacial score (nSPS) is 11.3. The summed E-state index contributed by atoms with van der Waals surface area (Å²) in [4.78, 5) is 35.5. The zero-order valence-electron chi connectivity index (χ0n) is 58.7. The molecule has 0 N–H and O–H groups in total. The number of rotatable bonds is 12. The molecule has 0 fully saturated rings. The van der Waals surface area contributed by atoms with Crippen LogP contribution in [0.2, 0.25) is 0 Å². The third-order valence-corrected chi connectivity index (χ3v) is 20.4. The molecular formula is C101H65N7. The Hall–Kier alpha value is -14.5. The van der Waals surface area contributed by atoms with Gasteiger partial charge in [0, 0.05) is 82.0 Å². The summed E-state index contributed by atoms with van der Waals surface area (Å²) in [7, 11) is 0. The standard InChI is InChI=1S/C52H34N4.C49H31N3/c1-4-15-35(16-5-1)41-22-13-24-43(34-41)49-46-27-14-26-44(48(46)45-25-10-11-28-47(45)53-49)42-23-12-21-40(33-42)36-29-31-39(32-30-36)52-55-50(37-17-6-2-7-18-37)54-51(56-52)38-19-8-3-9-20-38;1-3-11-32(12-4-1)38-15-9-16-39(31-38)47-42-19-10-18-40(46(42)41-17-7-8-20-45(41)52-47)33-21-23-35(24-22-33)44-30-28-37-26-25-36-27-29-43(34-13-5-2-6-14-34)50-48(36)49(37)51-44/h1-34H;1-31H. The molecule has 108 heavy (non-hydrogen) atoms. The smallest absolute Gasteiger partial charge is 0.164 e. The molecule has 5 heterocycles. The van der Waals surface area contributed by atoms with E-state index < -0.39 is 0 Å². The average Bonchev–Trinajstić information content (AvgIpc) is 0.747. The summed E-state index contributed by atoms with van der Waals surface area (Å²) in [6, 6.07) is 138. The topological polar surface area (TPSA) is 90.2 Å². The molecule has 0 spiro atoms. The van der Waals surface area contributed by atoms with Gasteiger partial charge in [0.05, 0.1) is 44.8 Å². The number of para-hydroxylation sites is 2. The van der Waals surface area contributed by atoms with Gasteiger partial charge in [-0.25, -0.2) is 34.9 Å². The SMILES string of the molecule is c1ccc(-c2cccc(-c3nc4ccccc4c4c(-c5ccc(-c6ccc7ccc8ccc(-c9ccccc9)nc8c7n6)cc5)cccc34)c2)cc1.c1ccc(-c2cccc(-c3nc4ccccc4c4c(-c5cccc(-c6ccc(-c7nc(-c8ccccc8)nc(-c8ccccc8)n7)cc6)c5)cccc34)c2)cc1. The monoisotopic (exact) mass is 1380 g/mol. The Morgan fingerprint density at radius 3 is 0.898 bits per heavy atom. The van der Waals surface area contributed by atoms with Crippen LogP contribution >= 0.6 is 0 Å². The summed E-state index contributed by atoms with van der Waals surface area (Å²) in [6.45, 7) is 0. The van der Waals surface area contributed by atoms with Crippen molar-refractivity contribution in [1.29, 1.82) is 0 Å². The Morgan fingerprint density at radius 1 is 0.157 bits per heavy atom. The molecule has 0 atom stereocenters. The van der Waals surface area contributed by atoms with Crippen molar-refractivity contribution >= 4 is 65.2 Å². The summed E-state index contributed by atoms with van der Waals surface area (Å²) in [6.07, 6.45) is 0. The summed E-state index contributed by atoms with van der Waals surface area (Å²) in [5, 5.41) is 9.10. The molecule has 0 amide bonds. The van der Waals surface area contributed by atoms with Crippen molar-refractivity contribution in [1.82, 2.24) is 34.9 Å². The lowest BCUT2D eigenvalue weighted by Gasteiger charge is -2.15. The molecule has 0 aliphatic carbocycles. The third kappa shape index (κ3) is 12.5. The van der Waals surface area contributed by atoms with Crippen molar-refractivity contribution < 1.29 is 0 Å². The van der Waals surface area contributed by atoms with Gasteiger partial charge in [-0.15, -0.1) is 0 Å². The zero-order valence-corrected chi connectivity index (χ0v) is 58.7. The maximum absolute atomic E-state index is 5.27. The number of hydrogen-bond donors (Lipinski definition) is 0. The molecule has 20 rings (SSSR count). The largest absolute Gasteiger partial charge is 0.247 e. The summed E-state index contributed by atoms with van der Waals surface area (Å²) >= 11 is 0. The Labute approximate surface area is 625 Å². The third-order valence-electron chi connectivity index (χ3n) is 20.4. The Kier molecular flexibility index (Phi) is 16.8. The first-order valence-corrected chi connectivity index (χ1v) is 36.4. The van der Waals surface area contributed by atoms with Crippen LogP contribution in [0.1, 0.15) is 0 Å². The highest BCUT2D eigenvalue weighted by atomic mass is 15.0. The number of pyridine rings is 4. The van der Waals surface area contributed by atoms with Gasteiger partial charge < -0.3 is 0 Å². The predicted molar refractivity (Wildman–Crippen MR) is 448 cm³/mol. The van der Waals surface area contributed by atoms with E-state index in [0.29, 0.717) is 17.5 Å². The lowest BCUT2D eigenvalue weighted by Crippen LogP contribution is -2.00. The fourth-order valence-electron chi connectivity index (χ4n) is 15.0. The van der Waals surface area contributed by atoms with E-state index in [1.165, 1.54) is 44.2 Å². The summed E-state index contributed by atoms with van der Waals surface area (Å²) < 4.78 is 0. The highest BCUT2D eigenvalue weighted by Gasteiger charge is 2.20. The number of nitrogens with zero attached hydrogens (tertiary/aromatic N) is 7. The Balaban J connectivity index is 0.000000147. The lowest BCUT2D eigenvalue weighted by atomic mass is 9.91. The van der Waals surface area contributed by atoms with Gasteiger partial charge in [0.2, 0.25) is 0 Å². The van der Waals surface area contributed by atoms with Gasteiger partial charge in [-0.2, -0.15) is 0 Å². The molecule has 20 aromatic rings. The van der Waals surface area contributed by atoms with Crippen LogP contribution in [0, 0.1) is 0 Å². The van der Waals surface area contributed by atoms with E-state index in [2.05, 4.69) is 315 Å². The minimum Gasteiger partial charge on any atom is -0.247 e. The van der Waals surface area contributed by atoms with Crippen LogP contribution in [0.15, 0.2) is 394 Å². The maximum atomic E-state index is 5.27. The fourth-order valence-corrected chi connectivity index (χ4v) is 15.0. The van der Waals surface area contributed by atoms with E-state index in [0.717, 1.165) is 138 Å². The van der Waals surface area contributed by atoms with E-state index in [-0.39, 0.29) is 0 Å². The van der Waals surface area contributed by atoms with E-state index in [4.69, 9.17) is 34.9 Å². The second kappa shape index (κ2) is 28.3. The number of benzene rings is 15. The molecule has 0 aliphatic heterocycles. The molecule has 504 valence electrons. The van der Waals surface area contributed by atoms with Crippen LogP contribution in [0.25, 0.3) is 200 Å². The molecule has 0 saturated heterocycles. The second-order valence-corrected chi connectivity index (χ2v) is 27.0. The van der Waals surface area contributed by atoms with Gasteiger partial charge in [-0.1, -0.05) is 352 Å². The second-order valence-electron chi connectivity index (χ2n) is 27.0. The van der Waals surface area contributed by atoms with Crippen LogP contribution in [0.5, 0.6) is 0 Å². The average molecular weight is 1380 g/mol. The first-order valence-electron chi connectivity index (χ1n) is 36.4. The zero-order chi connectivity index (χ0) is 71.7. The Bertz CT molecular complexity index is 6700.